The van der Waals surface area contributed by atoms with Crippen molar-refractivity contribution in [1.82, 2.24) is 9.97 Å². The smallest absolute Gasteiger partial charge is 0.225 e. The number of nitrogens with two attached hydrogens (primary N) is 1. The minimum atomic E-state index is 0.131. The molecule has 6 aliphatic carbocycles. The van der Waals surface area contributed by atoms with E-state index >= 15 is 0 Å². The zero-order chi connectivity index (χ0) is 24.3. The van der Waals surface area contributed by atoms with Crippen molar-refractivity contribution in [1.29, 1.82) is 0 Å². The molecule has 5 nitrogen and oxygen atoms in total. The minimum absolute atomic E-state index is 0.131. The largest absolute Gasteiger partial charge is 0.399 e. The van der Waals surface area contributed by atoms with Crippen LogP contribution in [0.25, 0.3) is 11.3 Å². The number of aryl methyl sites for hydroxylation is 2. The van der Waals surface area contributed by atoms with Gasteiger partial charge >= 0.3 is 0 Å². The molecule has 5 heteroatoms. The third-order valence-corrected chi connectivity index (χ3v) is 10.2. The van der Waals surface area contributed by atoms with E-state index in [1.54, 1.807) is 0 Å². The number of anilines is 2. The maximum Gasteiger partial charge on any atom is 0.225 e. The highest BCUT2D eigenvalue weighted by Crippen LogP contribution is 2.61. The molecule has 5 saturated carbocycles. The van der Waals surface area contributed by atoms with Crippen LogP contribution in [0.2, 0.25) is 0 Å². The highest BCUT2D eigenvalue weighted by Gasteiger charge is 2.51. The monoisotopic (exact) mass is 484 g/mol. The highest BCUT2D eigenvalue weighted by molar-refractivity contribution is 5.90. The summed E-state index contributed by atoms with van der Waals surface area (Å²) in [7, 11) is 0. The molecule has 4 bridgehead atoms. The van der Waals surface area contributed by atoms with Gasteiger partial charge in [-0.3, -0.25) is 4.79 Å². The van der Waals surface area contributed by atoms with Gasteiger partial charge in [0.15, 0.2) is 5.82 Å². The molecule has 8 rings (SSSR count). The Morgan fingerprint density at radius 2 is 1.69 bits per heavy atom. The van der Waals surface area contributed by atoms with Crippen molar-refractivity contribution >= 4 is 17.4 Å². The zero-order valence-electron chi connectivity index (χ0n) is 21.5. The number of carbonyl (C=O) groups excluding carboxylic acids is 1. The van der Waals surface area contributed by atoms with Gasteiger partial charge in [0.1, 0.15) is 0 Å². The molecule has 3 N–H and O–H groups in total. The van der Waals surface area contributed by atoms with E-state index in [1.807, 2.05) is 6.07 Å². The first-order chi connectivity index (χ1) is 17.5. The van der Waals surface area contributed by atoms with Crippen molar-refractivity contribution in [2.75, 3.05) is 11.1 Å². The average molecular weight is 485 g/mol. The minimum Gasteiger partial charge on any atom is -0.399 e. The lowest BCUT2D eigenvalue weighted by molar-refractivity contribution is -0.117. The van der Waals surface area contributed by atoms with Crippen LogP contribution in [0, 0.1) is 29.1 Å². The van der Waals surface area contributed by atoms with E-state index in [1.165, 1.54) is 81.8 Å². The predicted octanol–water partition coefficient (Wildman–Crippen LogP) is 6.49. The fraction of sp³-hybridized carbons (Fsp3) is 0.645. The lowest BCUT2D eigenvalue weighted by Gasteiger charge is -2.57. The average Bonchev–Trinajstić information content (AvgIpc) is 2.84. The van der Waals surface area contributed by atoms with Crippen molar-refractivity contribution in [3.63, 3.8) is 0 Å². The molecule has 190 valence electrons. The maximum atomic E-state index is 13.2. The van der Waals surface area contributed by atoms with Crippen LogP contribution >= 0.6 is 0 Å². The van der Waals surface area contributed by atoms with Gasteiger partial charge in [-0.15, -0.1) is 0 Å². The summed E-state index contributed by atoms with van der Waals surface area (Å²) in [6, 6.07) is 6.19. The summed E-state index contributed by atoms with van der Waals surface area (Å²) in [5.41, 5.74) is 12.8. The summed E-state index contributed by atoms with van der Waals surface area (Å²) in [5, 5.41) is 3.29. The first-order valence-corrected chi connectivity index (χ1v) is 14.6. The third kappa shape index (κ3) is 4.22. The summed E-state index contributed by atoms with van der Waals surface area (Å²) in [6.45, 7) is 0. The van der Waals surface area contributed by atoms with E-state index < -0.39 is 0 Å². The molecule has 1 heterocycles. The van der Waals surface area contributed by atoms with Gasteiger partial charge in [-0.05, 0) is 117 Å². The lowest BCUT2D eigenvalue weighted by Crippen LogP contribution is -2.47. The Kier molecular flexibility index (Phi) is 5.59. The zero-order valence-corrected chi connectivity index (χ0v) is 21.5. The van der Waals surface area contributed by atoms with Gasteiger partial charge in [-0.2, -0.15) is 0 Å². The lowest BCUT2D eigenvalue weighted by atomic mass is 9.48. The summed E-state index contributed by atoms with van der Waals surface area (Å²) in [5.74, 6) is 4.10. The van der Waals surface area contributed by atoms with E-state index in [2.05, 4.69) is 17.4 Å². The van der Waals surface area contributed by atoms with Crippen molar-refractivity contribution in [2.24, 2.45) is 29.1 Å². The van der Waals surface area contributed by atoms with Gasteiger partial charge in [0.05, 0.1) is 17.1 Å². The van der Waals surface area contributed by atoms with E-state index in [-0.39, 0.29) is 5.91 Å². The number of nitrogens with one attached hydrogen (secondary N) is 1. The third-order valence-electron chi connectivity index (χ3n) is 10.2. The molecule has 1 amide bonds. The van der Waals surface area contributed by atoms with Gasteiger partial charge < -0.3 is 11.1 Å². The van der Waals surface area contributed by atoms with Crippen LogP contribution in [0.4, 0.5) is 11.5 Å². The summed E-state index contributed by atoms with van der Waals surface area (Å²) in [6.07, 6.45) is 17.9. The highest BCUT2D eigenvalue weighted by atomic mass is 16.1. The summed E-state index contributed by atoms with van der Waals surface area (Å²) < 4.78 is 0. The topological polar surface area (TPSA) is 80.9 Å². The van der Waals surface area contributed by atoms with Crippen LogP contribution in [-0.2, 0) is 24.1 Å². The molecule has 2 aromatic rings. The number of rotatable bonds is 5. The van der Waals surface area contributed by atoms with Gasteiger partial charge in [-0.25, -0.2) is 9.97 Å². The van der Waals surface area contributed by atoms with Gasteiger partial charge in [0.2, 0.25) is 5.91 Å². The van der Waals surface area contributed by atoms with Crippen molar-refractivity contribution in [3.05, 3.63) is 35.2 Å². The Morgan fingerprint density at radius 1 is 0.972 bits per heavy atom. The van der Waals surface area contributed by atoms with Crippen molar-refractivity contribution in [2.45, 2.75) is 96.3 Å². The van der Waals surface area contributed by atoms with Crippen molar-refractivity contribution in [3.8, 4) is 11.3 Å². The number of carbonyl (C=O) groups is 1. The number of amides is 1. The number of nitrogens with zero attached hydrogens (tertiary/aromatic N) is 2. The number of fused-ring (bicyclic) bond motifs is 3. The first kappa shape index (κ1) is 22.7. The molecule has 0 radical (unpaired) electrons. The Balaban J connectivity index is 1.23. The molecule has 5 fully saturated rings. The van der Waals surface area contributed by atoms with Crippen molar-refractivity contribution < 1.29 is 4.79 Å². The summed E-state index contributed by atoms with van der Waals surface area (Å²) >= 11 is 0. The fourth-order valence-electron chi connectivity index (χ4n) is 9.12. The molecular formula is C31H40N4O. The van der Waals surface area contributed by atoms with Crippen LogP contribution in [0.15, 0.2) is 18.2 Å². The normalized spacial score (nSPS) is 30.6. The molecule has 0 atom stereocenters. The molecular weight excluding hydrogens is 444 g/mol. The number of hydrogen-bond acceptors (Lipinski definition) is 4. The fourth-order valence-corrected chi connectivity index (χ4v) is 9.12. The van der Waals surface area contributed by atoms with Crippen LogP contribution in [0.3, 0.4) is 0 Å². The summed E-state index contributed by atoms with van der Waals surface area (Å²) in [4.78, 5) is 23.7. The molecule has 1 aromatic heterocycles. The standard InChI is InChI=1S/C31H40N4O/c32-24-7-8-25-23(14-24)6-9-26-29(25)33-27(18-31-15-20-10-21(16-31)12-22(11-20)17-31)30(34-26)35-28(36)13-19-4-2-1-3-5-19/h7-8,14,19-22H,1-6,9-13,15-18,32H2,(H,34,35,36). The second kappa shape index (κ2) is 8.85. The second-order valence-corrected chi connectivity index (χ2v) is 13.1. The molecule has 0 saturated heterocycles. The van der Waals surface area contributed by atoms with E-state index in [0.717, 1.165) is 65.6 Å². The van der Waals surface area contributed by atoms with Gasteiger partial charge in [0.25, 0.3) is 0 Å². The van der Waals surface area contributed by atoms with E-state index in [4.69, 9.17) is 15.7 Å². The van der Waals surface area contributed by atoms with Crippen LogP contribution in [0.1, 0.15) is 94.0 Å². The molecule has 6 aliphatic rings. The number of aromatic nitrogens is 2. The quantitative estimate of drug-likeness (QED) is 0.475. The number of benzene rings is 1. The number of nitrogen functional groups attached to an aromatic ring is 1. The predicted molar refractivity (Wildman–Crippen MR) is 143 cm³/mol. The first-order valence-electron chi connectivity index (χ1n) is 14.6. The second-order valence-electron chi connectivity index (χ2n) is 13.1. The van der Waals surface area contributed by atoms with E-state index in [9.17, 15) is 4.79 Å². The number of hydrogen-bond donors (Lipinski definition) is 2. The molecule has 0 spiro atoms. The van der Waals surface area contributed by atoms with Crippen LogP contribution in [0.5, 0.6) is 0 Å². The molecule has 1 aromatic carbocycles. The Morgan fingerprint density at radius 3 is 2.42 bits per heavy atom. The molecule has 0 unspecified atom stereocenters. The van der Waals surface area contributed by atoms with Gasteiger partial charge in [-0.1, -0.05) is 25.3 Å². The Hall–Kier alpha value is -2.43. The molecule has 0 aliphatic heterocycles. The SMILES string of the molecule is Nc1ccc2c(c1)CCc1nc(NC(=O)CC3CCCCC3)c(CC34CC5CC(CC(C5)C3)C4)nc1-2. The van der Waals surface area contributed by atoms with E-state index in [0.29, 0.717) is 17.8 Å². The maximum absolute atomic E-state index is 13.2. The Labute approximate surface area is 215 Å². The molecule has 36 heavy (non-hydrogen) atoms. The van der Waals surface area contributed by atoms with Crippen LogP contribution in [-0.4, -0.2) is 15.9 Å². The Bertz CT molecular complexity index is 1150. The van der Waals surface area contributed by atoms with Crippen LogP contribution < -0.4 is 11.1 Å². The van der Waals surface area contributed by atoms with Gasteiger partial charge in [0, 0.05) is 17.7 Å².